The Bertz CT molecular complexity index is 1560. The van der Waals surface area contributed by atoms with Gasteiger partial charge in [0.1, 0.15) is 12.4 Å². The number of ether oxygens (including phenoxy) is 2. The van der Waals surface area contributed by atoms with E-state index in [4.69, 9.17) is 14.5 Å². The maximum atomic E-state index is 13.6. The molecule has 0 bridgehead atoms. The summed E-state index contributed by atoms with van der Waals surface area (Å²) in [6.07, 6.45) is 7.24. The average molecular weight is 686 g/mol. The molecule has 1 fully saturated rings. The van der Waals surface area contributed by atoms with Crippen LogP contribution in [0.5, 0.6) is 11.5 Å². The third-order valence-corrected chi connectivity index (χ3v) is 8.14. The van der Waals surface area contributed by atoms with Gasteiger partial charge in [-0.3, -0.25) is 4.79 Å². The molecule has 1 heterocycles. The Labute approximate surface area is 244 Å². The van der Waals surface area contributed by atoms with E-state index in [1.165, 1.54) is 16.7 Å². The van der Waals surface area contributed by atoms with Crippen molar-refractivity contribution in [1.82, 2.24) is 9.66 Å². The van der Waals surface area contributed by atoms with Gasteiger partial charge < -0.3 is 9.47 Å². The van der Waals surface area contributed by atoms with Gasteiger partial charge in [-0.05, 0) is 83.8 Å². The van der Waals surface area contributed by atoms with Gasteiger partial charge in [-0.25, -0.2) is 4.98 Å². The largest absolute Gasteiger partial charge is 0.493 e. The van der Waals surface area contributed by atoms with Crippen LogP contribution >= 0.6 is 38.5 Å². The Kier molecular flexibility index (Phi) is 8.48. The van der Waals surface area contributed by atoms with E-state index in [0.29, 0.717) is 29.0 Å². The summed E-state index contributed by atoms with van der Waals surface area (Å²) in [5.41, 5.74) is 3.64. The first-order valence-corrected chi connectivity index (χ1v) is 14.6. The molecular formula is C30H29BrIN3O3. The molecule has 0 unspecified atom stereocenters. The number of hydrogen-bond donors (Lipinski definition) is 0. The quantitative estimate of drug-likeness (QED) is 0.149. The average Bonchev–Trinajstić information content (AvgIpc) is 2.92. The number of fused-ring (bicyclic) bond motifs is 1. The van der Waals surface area contributed by atoms with Crippen LogP contribution in [0.2, 0.25) is 0 Å². The Morgan fingerprint density at radius 3 is 2.71 bits per heavy atom. The molecule has 5 rings (SSSR count). The van der Waals surface area contributed by atoms with Crippen LogP contribution in [0.4, 0.5) is 0 Å². The fourth-order valence-electron chi connectivity index (χ4n) is 4.94. The van der Waals surface area contributed by atoms with Gasteiger partial charge in [0.15, 0.2) is 11.5 Å². The van der Waals surface area contributed by atoms with Crippen molar-refractivity contribution in [3.05, 3.63) is 95.5 Å². The maximum Gasteiger partial charge on any atom is 0.282 e. The summed E-state index contributed by atoms with van der Waals surface area (Å²) in [4.78, 5) is 18.5. The van der Waals surface area contributed by atoms with E-state index < -0.39 is 0 Å². The van der Waals surface area contributed by atoms with Gasteiger partial charge >= 0.3 is 0 Å². The highest BCUT2D eigenvalue weighted by Gasteiger charge is 2.22. The molecule has 38 heavy (non-hydrogen) atoms. The minimum Gasteiger partial charge on any atom is -0.493 e. The number of methoxy groups -OCH3 is 1. The Balaban J connectivity index is 1.49. The van der Waals surface area contributed by atoms with Crippen LogP contribution in [0.15, 0.2) is 69.0 Å². The summed E-state index contributed by atoms with van der Waals surface area (Å²) in [5.74, 6) is 2.25. The molecule has 0 spiro atoms. The standard InChI is InChI=1S/C30H29BrIN3O3/c1-19-7-6-8-20(13-19)18-38-28-25(32)14-21(15-27(28)37-2)17-33-35-29(22-9-4-3-5-10-22)34-26-12-11-23(31)16-24(26)30(35)36/h6-8,11-17,22H,3-5,9-10,18H2,1-2H3. The number of halogens is 2. The van der Waals surface area contributed by atoms with Gasteiger partial charge in [0, 0.05) is 10.4 Å². The molecule has 0 radical (unpaired) electrons. The van der Waals surface area contributed by atoms with E-state index in [2.05, 4.69) is 62.7 Å². The molecule has 0 saturated heterocycles. The highest BCUT2D eigenvalue weighted by atomic mass is 127. The molecular weight excluding hydrogens is 657 g/mol. The SMILES string of the molecule is COc1cc(C=Nn2c(C3CCCCC3)nc3ccc(Br)cc3c2=O)cc(I)c1OCc1cccc(C)c1. The second-order valence-corrected chi connectivity index (χ2v) is 11.7. The van der Waals surface area contributed by atoms with Crippen LogP contribution < -0.4 is 15.0 Å². The highest BCUT2D eigenvalue weighted by molar-refractivity contribution is 14.1. The molecule has 0 atom stereocenters. The zero-order valence-electron chi connectivity index (χ0n) is 21.4. The number of aryl methyl sites for hydroxylation is 1. The van der Waals surface area contributed by atoms with Crippen molar-refractivity contribution in [3.8, 4) is 11.5 Å². The van der Waals surface area contributed by atoms with Gasteiger partial charge in [-0.2, -0.15) is 9.78 Å². The summed E-state index contributed by atoms with van der Waals surface area (Å²) in [6.45, 7) is 2.51. The molecule has 1 aromatic heterocycles. The van der Waals surface area contributed by atoms with Crippen LogP contribution in [-0.4, -0.2) is 23.0 Å². The monoisotopic (exact) mass is 685 g/mol. The molecule has 3 aromatic carbocycles. The highest BCUT2D eigenvalue weighted by Crippen LogP contribution is 2.35. The summed E-state index contributed by atoms with van der Waals surface area (Å²) < 4.78 is 15.0. The molecule has 0 N–H and O–H groups in total. The number of nitrogens with zero attached hydrogens (tertiary/aromatic N) is 3. The lowest BCUT2D eigenvalue weighted by molar-refractivity contribution is 0.282. The minimum atomic E-state index is -0.159. The van der Waals surface area contributed by atoms with Gasteiger partial charge in [0.25, 0.3) is 5.56 Å². The van der Waals surface area contributed by atoms with E-state index in [9.17, 15) is 4.79 Å². The van der Waals surface area contributed by atoms with Crippen molar-refractivity contribution >= 4 is 55.6 Å². The number of benzene rings is 3. The van der Waals surface area contributed by atoms with Gasteiger partial charge in [-0.15, -0.1) is 0 Å². The molecule has 1 saturated carbocycles. The summed E-state index contributed by atoms with van der Waals surface area (Å²) >= 11 is 5.73. The number of rotatable bonds is 7. The van der Waals surface area contributed by atoms with Crippen molar-refractivity contribution in [2.75, 3.05) is 7.11 Å². The molecule has 0 aliphatic heterocycles. The summed E-state index contributed by atoms with van der Waals surface area (Å²) in [5, 5.41) is 5.23. The Morgan fingerprint density at radius 2 is 1.95 bits per heavy atom. The zero-order chi connectivity index (χ0) is 26.6. The molecule has 0 amide bonds. The van der Waals surface area contributed by atoms with Crippen LogP contribution in [0, 0.1) is 10.5 Å². The third kappa shape index (κ3) is 5.96. The van der Waals surface area contributed by atoms with Crippen LogP contribution in [0.1, 0.15) is 60.5 Å². The minimum absolute atomic E-state index is 0.159. The van der Waals surface area contributed by atoms with Gasteiger partial charge in [-0.1, -0.05) is 65.0 Å². The lowest BCUT2D eigenvalue weighted by Gasteiger charge is -2.22. The first-order chi connectivity index (χ1) is 18.4. The van der Waals surface area contributed by atoms with Gasteiger partial charge in [0.05, 0.1) is 27.8 Å². The van der Waals surface area contributed by atoms with E-state index in [1.54, 1.807) is 13.3 Å². The number of hydrogen-bond acceptors (Lipinski definition) is 5. The topological polar surface area (TPSA) is 65.7 Å². The van der Waals surface area contributed by atoms with E-state index in [1.807, 2.05) is 42.5 Å². The molecule has 8 heteroatoms. The third-order valence-electron chi connectivity index (χ3n) is 6.84. The maximum absolute atomic E-state index is 13.6. The second-order valence-electron chi connectivity index (χ2n) is 9.64. The summed E-state index contributed by atoms with van der Waals surface area (Å²) in [6, 6.07) is 17.7. The van der Waals surface area contributed by atoms with Crippen molar-refractivity contribution in [2.45, 2.75) is 51.6 Å². The lowest BCUT2D eigenvalue weighted by Crippen LogP contribution is -2.25. The lowest BCUT2D eigenvalue weighted by atomic mass is 9.88. The normalized spacial score (nSPS) is 14.3. The van der Waals surface area contributed by atoms with Crippen LogP contribution in [0.25, 0.3) is 10.9 Å². The molecule has 6 nitrogen and oxygen atoms in total. The van der Waals surface area contributed by atoms with Crippen LogP contribution in [0.3, 0.4) is 0 Å². The predicted molar refractivity (Wildman–Crippen MR) is 164 cm³/mol. The van der Waals surface area contributed by atoms with Crippen molar-refractivity contribution < 1.29 is 9.47 Å². The smallest absolute Gasteiger partial charge is 0.282 e. The molecule has 1 aliphatic rings. The van der Waals surface area contributed by atoms with Gasteiger partial charge in [0.2, 0.25) is 0 Å². The Hall–Kier alpha value is -2.72. The van der Waals surface area contributed by atoms with E-state index in [-0.39, 0.29) is 11.5 Å². The fraction of sp³-hybridized carbons (Fsp3) is 0.300. The predicted octanol–water partition coefficient (Wildman–Crippen LogP) is 7.59. The van der Waals surface area contributed by atoms with Crippen molar-refractivity contribution in [3.63, 3.8) is 0 Å². The van der Waals surface area contributed by atoms with E-state index in [0.717, 1.165) is 50.7 Å². The first-order valence-electron chi connectivity index (χ1n) is 12.8. The molecule has 1 aliphatic carbocycles. The fourth-order valence-corrected chi connectivity index (χ4v) is 6.08. The molecule has 196 valence electrons. The number of aromatic nitrogens is 2. The second kappa shape index (κ2) is 12.0. The Morgan fingerprint density at radius 1 is 1.13 bits per heavy atom. The van der Waals surface area contributed by atoms with Crippen LogP contribution in [-0.2, 0) is 6.61 Å². The molecule has 4 aromatic rings. The van der Waals surface area contributed by atoms with E-state index >= 15 is 0 Å². The first kappa shape index (κ1) is 26.9. The zero-order valence-corrected chi connectivity index (χ0v) is 25.2. The van der Waals surface area contributed by atoms with Crippen molar-refractivity contribution in [1.29, 1.82) is 0 Å². The summed E-state index contributed by atoms with van der Waals surface area (Å²) in [7, 11) is 1.63. The van der Waals surface area contributed by atoms with Crippen molar-refractivity contribution in [2.24, 2.45) is 5.10 Å².